The summed E-state index contributed by atoms with van der Waals surface area (Å²) in [6, 6.07) is 5.85. The maximum Gasteiger partial charge on any atom is 0.171 e. The molecule has 24 heavy (non-hydrogen) atoms. The van der Waals surface area contributed by atoms with Gasteiger partial charge in [-0.1, -0.05) is 11.6 Å². The van der Waals surface area contributed by atoms with Crippen LogP contribution < -0.4 is 10.5 Å². The Morgan fingerprint density at radius 3 is 2.79 bits per heavy atom. The van der Waals surface area contributed by atoms with Crippen LogP contribution in [0.5, 0.6) is 5.75 Å². The van der Waals surface area contributed by atoms with E-state index in [2.05, 4.69) is 14.8 Å². The predicted molar refractivity (Wildman–Crippen MR) is 92.4 cm³/mol. The van der Waals surface area contributed by atoms with E-state index < -0.39 is 0 Å². The summed E-state index contributed by atoms with van der Waals surface area (Å²) in [7, 11) is 1.69. The molecule has 0 amide bonds. The van der Waals surface area contributed by atoms with Gasteiger partial charge in [-0.15, -0.1) is 10.2 Å². The third-order valence-corrected chi connectivity index (χ3v) is 4.64. The van der Waals surface area contributed by atoms with Crippen molar-refractivity contribution < 1.29 is 9.47 Å². The van der Waals surface area contributed by atoms with Crippen LogP contribution in [0, 0.1) is 6.92 Å². The number of hydrogen-bond donors (Lipinski definition) is 1. The summed E-state index contributed by atoms with van der Waals surface area (Å²) >= 11 is 5.98. The number of nitrogens with zero attached hydrogens (tertiary/aromatic N) is 3. The van der Waals surface area contributed by atoms with Crippen molar-refractivity contribution in [2.24, 2.45) is 5.73 Å². The molecule has 2 N–H and O–H groups in total. The number of aromatic nitrogens is 3. The third kappa shape index (κ3) is 3.71. The highest BCUT2D eigenvalue weighted by Gasteiger charge is 2.32. The first-order valence-corrected chi connectivity index (χ1v) is 8.51. The zero-order chi connectivity index (χ0) is 17.1. The number of hydrogen-bond acceptors (Lipinski definition) is 5. The van der Waals surface area contributed by atoms with Crippen molar-refractivity contribution in [2.45, 2.75) is 44.9 Å². The lowest BCUT2D eigenvalue weighted by Gasteiger charge is -2.31. The minimum atomic E-state index is 0.277. The van der Waals surface area contributed by atoms with Crippen LogP contribution in [0.2, 0.25) is 5.02 Å². The van der Waals surface area contributed by atoms with Gasteiger partial charge in [-0.25, -0.2) is 0 Å². The summed E-state index contributed by atoms with van der Waals surface area (Å²) < 4.78 is 13.2. The molecule has 3 rings (SSSR count). The van der Waals surface area contributed by atoms with E-state index in [-0.39, 0.29) is 6.04 Å². The lowest BCUT2D eigenvalue weighted by molar-refractivity contribution is 0.180. The first kappa shape index (κ1) is 17.2. The molecule has 1 saturated carbocycles. The van der Waals surface area contributed by atoms with Crippen LogP contribution in [0.1, 0.15) is 36.0 Å². The van der Waals surface area contributed by atoms with E-state index >= 15 is 0 Å². The zero-order valence-corrected chi connectivity index (χ0v) is 14.8. The summed E-state index contributed by atoms with van der Waals surface area (Å²) in [6.45, 7) is 3.65. The number of ether oxygens (including phenoxy) is 2. The van der Waals surface area contributed by atoms with E-state index in [1.165, 1.54) is 0 Å². The summed E-state index contributed by atoms with van der Waals surface area (Å²) in [5.41, 5.74) is 6.91. The number of benzene rings is 1. The fourth-order valence-electron chi connectivity index (χ4n) is 2.97. The fourth-order valence-corrected chi connectivity index (χ4v) is 3.20. The van der Waals surface area contributed by atoms with Crippen molar-refractivity contribution >= 4 is 11.6 Å². The van der Waals surface area contributed by atoms with Gasteiger partial charge in [-0.05, 0) is 43.5 Å². The molecular formula is C17H23ClN4O2. The Morgan fingerprint density at radius 2 is 2.12 bits per heavy atom. The van der Waals surface area contributed by atoms with Crippen LogP contribution in [-0.2, 0) is 17.9 Å². The molecule has 0 unspecified atom stereocenters. The van der Waals surface area contributed by atoms with Gasteiger partial charge in [0.1, 0.15) is 18.2 Å². The second-order valence-electron chi connectivity index (χ2n) is 6.25. The molecule has 0 saturated heterocycles. The number of nitrogens with two attached hydrogens (primary N) is 1. The van der Waals surface area contributed by atoms with Gasteiger partial charge >= 0.3 is 0 Å². The molecular weight excluding hydrogens is 328 g/mol. The van der Waals surface area contributed by atoms with Gasteiger partial charge in [-0.2, -0.15) is 0 Å². The van der Waals surface area contributed by atoms with E-state index in [1.54, 1.807) is 7.11 Å². The second-order valence-corrected chi connectivity index (χ2v) is 6.68. The molecule has 0 bridgehead atoms. The Bertz CT molecular complexity index is 698. The monoisotopic (exact) mass is 350 g/mol. The molecule has 0 spiro atoms. The molecule has 1 fully saturated rings. The zero-order valence-electron chi connectivity index (χ0n) is 14.0. The van der Waals surface area contributed by atoms with Crippen LogP contribution in [0.3, 0.4) is 0 Å². The molecule has 130 valence electrons. The SMILES string of the molecule is COCCn1c(COc2ccc(Cl)cc2C)nnc1C1CC(N)C1. The van der Waals surface area contributed by atoms with Crippen molar-refractivity contribution in [2.75, 3.05) is 13.7 Å². The Morgan fingerprint density at radius 1 is 1.33 bits per heavy atom. The molecule has 1 heterocycles. The number of methoxy groups -OCH3 is 1. The van der Waals surface area contributed by atoms with Gasteiger partial charge in [0.05, 0.1) is 6.61 Å². The van der Waals surface area contributed by atoms with Crippen LogP contribution >= 0.6 is 11.6 Å². The average molecular weight is 351 g/mol. The first-order valence-electron chi connectivity index (χ1n) is 8.14. The third-order valence-electron chi connectivity index (χ3n) is 4.41. The Labute approximate surface area is 146 Å². The normalized spacial score (nSPS) is 20.0. The molecule has 0 atom stereocenters. The van der Waals surface area contributed by atoms with Gasteiger partial charge in [-0.3, -0.25) is 0 Å². The molecule has 1 aromatic heterocycles. The Hall–Kier alpha value is -1.63. The molecule has 7 heteroatoms. The lowest BCUT2D eigenvalue weighted by atomic mass is 9.80. The summed E-state index contributed by atoms with van der Waals surface area (Å²) in [5.74, 6) is 2.97. The van der Waals surface area contributed by atoms with E-state index in [9.17, 15) is 0 Å². The quantitative estimate of drug-likeness (QED) is 0.830. The van der Waals surface area contributed by atoms with E-state index in [0.717, 1.165) is 35.8 Å². The Balaban J connectivity index is 1.74. The van der Waals surface area contributed by atoms with Crippen molar-refractivity contribution in [3.05, 3.63) is 40.4 Å². The van der Waals surface area contributed by atoms with Crippen LogP contribution in [0.15, 0.2) is 18.2 Å². The molecule has 6 nitrogen and oxygen atoms in total. The number of aryl methyl sites for hydroxylation is 1. The van der Waals surface area contributed by atoms with Crippen LogP contribution in [0.25, 0.3) is 0 Å². The van der Waals surface area contributed by atoms with Crippen LogP contribution in [-0.4, -0.2) is 34.5 Å². The van der Waals surface area contributed by atoms with Gasteiger partial charge in [0, 0.05) is 30.6 Å². The van der Waals surface area contributed by atoms with Gasteiger partial charge in [0.25, 0.3) is 0 Å². The molecule has 1 aromatic carbocycles. The molecule has 0 radical (unpaired) electrons. The lowest BCUT2D eigenvalue weighted by Crippen LogP contribution is -2.36. The van der Waals surface area contributed by atoms with Crippen molar-refractivity contribution in [1.82, 2.24) is 14.8 Å². The standard InChI is InChI=1S/C17H23ClN4O2/c1-11-7-13(18)3-4-15(11)24-10-16-20-21-17(12-8-14(19)9-12)22(16)5-6-23-2/h3-4,7,12,14H,5-6,8-10,19H2,1-2H3. The highest BCUT2D eigenvalue weighted by molar-refractivity contribution is 6.30. The second kappa shape index (κ2) is 7.51. The van der Waals surface area contributed by atoms with E-state index in [0.29, 0.717) is 30.7 Å². The molecule has 1 aliphatic carbocycles. The van der Waals surface area contributed by atoms with Crippen molar-refractivity contribution in [3.8, 4) is 5.75 Å². The summed E-state index contributed by atoms with van der Waals surface area (Å²) in [4.78, 5) is 0. The number of rotatable bonds is 7. The molecule has 2 aromatic rings. The highest BCUT2D eigenvalue weighted by atomic mass is 35.5. The van der Waals surface area contributed by atoms with Crippen molar-refractivity contribution in [1.29, 1.82) is 0 Å². The van der Waals surface area contributed by atoms with Gasteiger partial charge < -0.3 is 19.8 Å². The van der Waals surface area contributed by atoms with E-state index in [4.69, 9.17) is 26.8 Å². The Kier molecular flexibility index (Phi) is 5.38. The topological polar surface area (TPSA) is 75.2 Å². The average Bonchev–Trinajstić information content (AvgIpc) is 2.91. The maximum atomic E-state index is 5.98. The fraction of sp³-hybridized carbons (Fsp3) is 0.529. The predicted octanol–water partition coefficient (Wildman–Crippen LogP) is 2.67. The minimum Gasteiger partial charge on any atom is -0.485 e. The maximum absolute atomic E-state index is 5.98. The van der Waals surface area contributed by atoms with Crippen LogP contribution in [0.4, 0.5) is 0 Å². The van der Waals surface area contributed by atoms with Crippen molar-refractivity contribution in [3.63, 3.8) is 0 Å². The number of halogens is 1. The molecule has 0 aliphatic heterocycles. The van der Waals surface area contributed by atoms with Gasteiger partial charge in [0.2, 0.25) is 0 Å². The minimum absolute atomic E-state index is 0.277. The highest BCUT2D eigenvalue weighted by Crippen LogP contribution is 2.35. The smallest absolute Gasteiger partial charge is 0.171 e. The van der Waals surface area contributed by atoms with Gasteiger partial charge in [0.15, 0.2) is 5.82 Å². The summed E-state index contributed by atoms with van der Waals surface area (Å²) in [5, 5.41) is 9.40. The summed E-state index contributed by atoms with van der Waals surface area (Å²) in [6.07, 6.45) is 1.92. The first-order chi connectivity index (χ1) is 11.6. The molecule has 1 aliphatic rings. The van der Waals surface area contributed by atoms with E-state index in [1.807, 2.05) is 25.1 Å². The largest absolute Gasteiger partial charge is 0.485 e.